The van der Waals surface area contributed by atoms with Gasteiger partial charge in [0.2, 0.25) is 0 Å². The molecule has 1 atom stereocenters. The van der Waals surface area contributed by atoms with E-state index in [4.69, 9.17) is 0 Å². The summed E-state index contributed by atoms with van der Waals surface area (Å²) in [6.07, 6.45) is 0.877. The molecular weight excluding hydrogens is 462 g/mol. The predicted molar refractivity (Wildman–Crippen MR) is 140 cm³/mol. The summed E-state index contributed by atoms with van der Waals surface area (Å²) < 4.78 is 0. The monoisotopic (exact) mass is 495 g/mol. The van der Waals surface area contributed by atoms with E-state index < -0.39 is 17.7 Å². The average Bonchev–Trinajstić information content (AvgIpc) is 3.23. The Labute approximate surface area is 209 Å². The van der Waals surface area contributed by atoms with Crippen molar-refractivity contribution in [1.29, 1.82) is 0 Å². The second-order valence-electron chi connectivity index (χ2n) is 8.36. The summed E-state index contributed by atoms with van der Waals surface area (Å²) in [6, 6.07) is 10.4. The number of amides is 2. The largest absolute Gasteiger partial charge is 0.352 e. The number of benzene rings is 2. The number of carbonyl (C=O) groups excluding carboxylic acids is 3. The number of hydrogen-bond acceptors (Lipinski definition) is 7. The van der Waals surface area contributed by atoms with Crippen LogP contribution in [-0.4, -0.2) is 64.7 Å². The second-order valence-corrected chi connectivity index (χ2v) is 8.36. The van der Waals surface area contributed by atoms with Crippen LogP contribution < -0.4 is 27.2 Å². The third-order valence-electron chi connectivity index (χ3n) is 5.79. The minimum Gasteiger partial charge on any atom is -0.352 e. The lowest BCUT2D eigenvalue weighted by Crippen LogP contribution is -2.48. The molecular formula is C25H33N7O4. The molecule has 3 aromatic rings. The molecule has 0 fully saturated rings. The molecule has 2 amide bonds. The third kappa shape index (κ3) is 7.27. The number of hydrazine groups is 1. The number of rotatable bonds is 13. The van der Waals surface area contributed by atoms with Crippen molar-refractivity contribution in [2.45, 2.75) is 33.2 Å². The molecule has 11 heteroatoms. The molecule has 0 radical (unpaired) electrons. The van der Waals surface area contributed by atoms with Crippen molar-refractivity contribution in [3.63, 3.8) is 0 Å². The number of imidazole rings is 1. The van der Waals surface area contributed by atoms with Gasteiger partial charge in [-0.3, -0.25) is 14.4 Å². The number of fused-ring (bicyclic) bond motifs is 1. The molecule has 0 saturated heterocycles. The standard InChI is InChI=1S/C25H33N7O4/c1-4-32(5-2)14-6-13-26-23(34)17-7-9-18(10-8-17)30-31-22(16(3)33)24(35)27-19-11-12-20-21(15-19)29-25(36)28-20/h7-12,15,22,30-31H,4-6,13-14H2,1-3H3,(H,26,34)(H,27,35)(H2,28,29,36). The Bertz CT molecular complexity index is 1250. The van der Waals surface area contributed by atoms with E-state index in [1.54, 1.807) is 42.5 Å². The Balaban J connectivity index is 1.51. The zero-order chi connectivity index (χ0) is 26.1. The topological polar surface area (TPSA) is 151 Å². The van der Waals surface area contributed by atoms with Crippen molar-refractivity contribution >= 4 is 40.0 Å². The van der Waals surface area contributed by atoms with E-state index in [1.807, 2.05) is 0 Å². The fraction of sp³-hybridized carbons (Fsp3) is 0.360. The number of Topliss-reactive ketones (excluding diaryl/α,β-unsaturated/α-hetero) is 1. The van der Waals surface area contributed by atoms with Crippen LogP contribution in [0.25, 0.3) is 11.0 Å². The smallest absolute Gasteiger partial charge is 0.323 e. The van der Waals surface area contributed by atoms with E-state index >= 15 is 0 Å². The average molecular weight is 496 g/mol. The molecule has 0 aliphatic heterocycles. The number of hydrogen-bond donors (Lipinski definition) is 6. The van der Waals surface area contributed by atoms with Crippen LogP contribution in [0.5, 0.6) is 0 Å². The van der Waals surface area contributed by atoms with Crippen LogP contribution in [0, 0.1) is 0 Å². The number of carbonyl (C=O) groups is 3. The Morgan fingerprint density at radius 2 is 1.61 bits per heavy atom. The SMILES string of the molecule is CCN(CC)CCCNC(=O)c1ccc(NNC(C(C)=O)C(=O)Nc2ccc3[nH]c(=O)[nH]c3c2)cc1. The van der Waals surface area contributed by atoms with Crippen molar-refractivity contribution in [3.05, 3.63) is 58.5 Å². The van der Waals surface area contributed by atoms with Gasteiger partial charge in [0.05, 0.1) is 11.0 Å². The van der Waals surface area contributed by atoms with Crippen LogP contribution in [0.3, 0.4) is 0 Å². The fourth-order valence-electron chi connectivity index (χ4n) is 3.68. The summed E-state index contributed by atoms with van der Waals surface area (Å²) >= 11 is 0. The molecule has 1 aromatic heterocycles. The summed E-state index contributed by atoms with van der Waals surface area (Å²) in [5.41, 5.74) is 7.91. The van der Waals surface area contributed by atoms with Crippen molar-refractivity contribution in [1.82, 2.24) is 25.6 Å². The van der Waals surface area contributed by atoms with Crippen LogP contribution >= 0.6 is 0 Å². The first-order chi connectivity index (χ1) is 17.3. The Morgan fingerprint density at radius 1 is 0.944 bits per heavy atom. The van der Waals surface area contributed by atoms with Crippen molar-refractivity contribution in [2.24, 2.45) is 0 Å². The highest BCUT2D eigenvalue weighted by molar-refractivity contribution is 6.10. The third-order valence-corrected chi connectivity index (χ3v) is 5.79. The van der Waals surface area contributed by atoms with Gasteiger partial charge in [-0.1, -0.05) is 13.8 Å². The van der Waals surface area contributed by atoms with Crippen LogP contribution in [0.1, 0.15) is 37.6 Å². The van der Waals surface area contributed by atoms with Gasteiger partial charge in [0.1, 0.15) is 0 Å². The van der Waals surface area contributed by atoms with E-state index in [9.17, 15) is 19.2 Å². The molecule has 192 valence electrons. The van der Waals surface area contributed by atoms with E-state index in [0.717, 1.165) is 26.1 Å². The molecule has 0 aliphatic carbocycles. The van der Waals surface area contributed by atoms with Crippen LogP contribution in [-0.2, 0) is 9.59 Å². The quantitative estimate of drug-likeness (QED) is 0.120. The fourth-order valence-corrected chi connectivity index (χ4v) is 3.68. The summed E-state index contributed by atoms with van der Waals surface area (Å²) in [5.74, 6) is -1.11. The second kappa shape index (κ2) is 12.7. The van der Waals surface area contributed by atoms with Gasteiger partial charge in [0.25, 0.3) is 11.8 Å². The first kappa shape index (κ1) is 26.6. The number of anilines is 2. The maximum absolute atomic E-state index is 12.7. The van der Waals surface area contributed by atoms with Crippen LogP contribution in [0.2, 0.25) is 0 Å². The van der Waals surface area contributed by atoms with Crippen LogP contribution in [0.4, 0.5) is 11.4 Å². The maximum atomic E-state index is 12.7. The van der Waals surface area contributed by atoms with E-state index in [0.29, 0.717) is 34.5 Å². The molecule has 1 heterocycles. The zero-order valence-corrected chi connectivity index (χ0v) is 20.7. The Kier molecular flexibility index (Phi) is 9.37. The molecule has 3 rings (SSSR count). The summed E-state index contributed by atoms with van der Waals surface area (Å²) in [7, 11) is 0. The highest BCUT2D eigenvalue weighted by Gasteiger charge is 2.23. The number of ketones is 1. The van der Waals surface area contributed by atoms with Gasteiger partial charge in [-0.05, 0) is 75.4 Å². The normalized spacial score (nSPS) is 11.9. The Morgan fingerprint density at radius 3 is 2.28 bits per heavy atom. The molecule has 6 N–H and O–H groups in total. The summed E-state index contributed by atoms with van der Waals surface area (Å²) in [5, 5.41) is 5.59. The number of aromatic nitrogens is 2. The lowest BCUT2D eigenvalue weighted by Gasteiger charge is -2.18. The van der Waals surface area contributed by atoms with Gasteiger partial charge in [-0.15, -0.1) is 0 Å². The van der Waals surface area contributed by atoms with Gasteiger partial charge < -0.3 is 30.9 Å². The Hall–Kier alpha value is -3.96. The molecule has 0 saturated carbocycles. The van der Waals surface area contributed by atoms with E-state index in [1.165, 1.54) is 6.92 Å². The van der Waals surface area contributed by atoms with Crippen molar-refractivity contribution in [3.8, 4) is 0 Å². The van der Waals surface area contributed by atoms with Crippen molar-refractivity contribution in [2.75, 3.05) is 36.9 Å². The van der Waals surface area contributed by atoms with E-state index in [2.05, 4.69) is 50.2 Å². The maximum Gasteiger partial charge on any atom is 0.323 e. The lowest BCUT2D eigenvalue weighted by molar-refractivity contribution is -0.127. The number of aromatic amines is 2. The summed E-state index contributed by atoms with van der Waals surface area (Å²) in [6.45, 7) is 9.05. The predicted octanol–water partition coefficient (Wildman–Crippen LogP) is 1.83. The molecule has 0 bridgehead atoms. The van der Waals surface area contributed by atoms with Crippen LogP contribution in [0.15, 0.2) is 47.3 Å². The highest BCUT2D eigenvalue weighted by atomic mass is 16.2. The lowest BCUT2D eigenvalue weighted by atomic mass is 10.2. The molecule has 1 unspecified atom stereocenters. The molecule has 0 spiro atoms. The van der Waals surface area contributed by atoms with Gasteiger partial charge in [-0.25, -0.2) is 10.2 Å². The molecule has 2 aromatic carbocycles. The number of nitrogens with one attached hydrogen (secondary N) is 6. The minimum atomic E-state index is -1.17. The van der Waals surface area contributed by atoms with E-state index in [-0.39, 0.29) is 11.6 Å². The highest BCUT2D eigenvalue weighted by Crippen LogP contribution is 2.15. The van der Waals surface area contributed by atoms with Gasteiger partial charge >= 0.3 is 5.69 Å². The molecule has 36 heavy (non-hydrogen) atoms. The zero-order valence-electron chi connectivity index (χ0n) is 20.7. The first-order valence-electron chi connectivity index (χ1n) is 12.0. The van der Waals surface area contributed by atoms with Gasteiger partial charge in [0.15, 0.2) is 11.8 Å². The minimum absolute atomic E-state index is 0.157. The van der Waals surface area contributed by atoms with Gasteiger partial charge in [0, 0.05) is 23.5 Å². The number of nitrogens with zero attached hydrogens (tertiary/aromatic N) is 1. The van der Waals surface area contributed by atoms with Crippen molar-refractivity contribution < 1.29 is 14.4 Å². The summed E-state index contributed by atoms with van der Waals surface area (Å²) in [4.78, 5) is 56.1. The molecule has 11 nitrogen and oxygen atoms in total. The first-order valence-corrected chi connectivity index (χ1v) is 12.0. The number of H-pyrrole nitrogens is 2. The van der Waals surface area contributed by atoms with Gasteiger partial charge in [-0.2, -0.15) is 0 Å². The molecule has 0 aliphatic rings.